The van der Waals surface area contributed by atoms with E-state index in [0.717, 1.165) is 43.1 Å². The fourth-order valence-electron chi connectivity index (χ4n) is 3.18. The van der Waals surface area contributed by atoms with E-state index in [0.29, 0.717) is 0 Å². The van der Waals surface area contributed by atoms with Crippen molar-refractivity contribution in [3.05, 3.63) is 11.9 Å². The molecule has 1 aromatic rings. The number of aryl methyl sites for hydroxylation is 1. The van der Waals surface area contributed by atoms with Crippen LogP contribution in [0.15, 0.2) is 6.07 Å². The summed E-state index contributed by atoms with van der Waals surface area (Å²) in [6, 6.07) is 2.81. The Morgan fingerprint density at radius 3 is 3.05 bits per heavy atom. The van der Waals surface area contributed by atoms with Gasteiger partial charge in [0.2, 0.25) is 0 Å². The lowest BCUT2D eigenvalue weighted by Gasteiger charge is -2.38. The van der Waals surface area contributed by atoms with Crippen LogP contribution in [0, 0.1) is 6.92 Å². The van der Waals surface area contributed by atoms with Crippen molar-refractivity contribution in [1.82, 2.24) is 14.9 Å². The summed E-state index contributed by atoms with van der Waals surface area (Å²) >= 11 is 0. The Morgan fingerprint density at radius 2 is 2.21 bits per heavy atom. The van der Waals surface area contributed by atoms with Gasteiger partial charge in [-0.2, -0.15) is 0 Å². The molecule has 19 heavy (non-hydrogen) atoms. The van der Waals surface area contributed by atoms with Crippen molar-refractivity contribution >= 4 is 11.6 Å². The van der Waals surface area contributed by atoms with Gasteiger partial charge in [0.15, 0.2) is 0 Å². The number of nitrogens with one attached hydrogen (secondary N) is 1. The molecule has 2 aliphatic heterocycles. The van der Waals surface area contributed by atoms with E-state index in [-0.39, 0.29) is 0 Å². The van der Waals surface area contributed by atoms with Crippen molar-refractivity contribution in [3.8, 4) is 0 Å². The molecule has 5 nitrogen and oxygen atoms in total. The fraction of sp³-hybridized carbons (Fsp3) is 0.714. The van der Waals surface area contributed by atoms with Gasteiger partial charge in [-0.1, -0.05) is 0 Å². The Labute approximate surface area is 115 Å². The van der Waals surface area contributed by atoms with Crippen molar-refractivity contribution in [2.75, 3.05) is 42.9 Å². The van der Waals surface area contributed by atoms with Gasteiger partial charge in [0.05, 0.1) is 0 Å². The summed E-state index contributed by atoms with van der Waals surface area (Å²) in [6.07, 6.45) is 2.69. The Morgan fingerprint density at radius 1 is 1.32 bits per heavy atom. The van der Waals surface area contributed by atoms with Crippen molar-refractivity contribution in [2.24, 2.45) is 0 Å². The third-order valence-electron chi connectivity index (χ3n) is 4.09. The SMILES string of the molecule is CCNc1cc(N2CCN3CCCC3C2)nc(C)n1. The molecule has 0 amide bonds. The van der Waals surface area contributed by atoms with E-state index in [1.165, 1.54) is 25.9 Å². The summed E-state index contributed by atoms with van der Waals surface area (Å²) in [5.74, 6) is 2.87. The lowest BCUT2D eigenvalue weighted by atomic mass is 10.1. The number of nitrogens with zero attached hydrogens (tertiary/aromatic N) is 4. The summed E-state index contributed by atoms with van der Waals surface area (Å²) < 4.78 is 0. The number of hydrogen-bond donors (Lipinski definition) is 1. The molecule has 104 valence electrons. The monoisotopic (exact) mass is 261 g/mol. The maximum atomic E-state index is 4.61. The first-order valence-electron chi connectivity index (χ1n) is 7.35. The van der Waals surface area contributed by atoms with E-state index in [1.54, 1.807) is 0 Å². The summed E-state index contributed by atoms with van der Waals surface area (Å²) in [4.78, 5) is 14.1. The minimum Gasteiger partial charge on any atom is -0.370 e. The van der Waals surface area contributed by atoms with Crippen molar-refractivity contribution < 1.29 is 0 Å². The first kappa shape index (κ1) is 12.7. The molecule has 0 radical (unpaired) electrons. The van der Waals surface area contributed by atoms with Crippen LogP contribution < -0.4 is 10.2 Å². The fourth-order valence-corrected chi connectivity index (χ4v) is 3.18. The minimum absolute atomic E-state index is 0.728. The van der Waals surface area contributed by atoms with Gasteiger partial charge in [-0.15, -0.1) is 0 Å². The quantitative estimate of drug-likeness (QED) is 0.893. The normalized spacial score (nSPS) is 23.5. The molecule has 0 saturated carbocycles. The molecule has 0 bridgehead atoms. The van der Waals surface area contributed by atoms with Crippen LogP contribution in [0.4, 0.5) is 11.6 Å². The molecule has 0 spiro atoms. The number of aromatic nitrogens is 2. The Hall–Kier alpha value is -1.36. The van der Waals surface area contributed by atoms with Gasteiger partial charge in [0.25, 0.3) is 0 Å². The highest BCUT2D eigenvalue weighted by Crippen LogP contribution is 2.25. The smallest absolute Gasteiger partial charge is 0.134 e. The molecule has 1 N–H and O–H groups in total. The predicted octanol–water partition coefficient (Wildman–Crippen LogP) is 1.50. The molecule has 0 aromatic carbocycles. The van der Waals surface area contributed by atoms with E-state index < -0.39 is 0 Å². The van der Waals surface area contributed by atoms with E-state index in [2.05, 4.69) is 38.1 Å². The van der Waals surface area contributed by atoms with Crippen LogP contribution >= 0.6 is 0 Å². The van der Waals surface area contributed by atoms with E-state index in [4.69, 9.17) is 0 Å². The molecule has 3 rings (SSSR count). The van der Waals surface area contributed by atoms with Crippen LogP contribution in [0.5, 0.6) is 0 Å². The van der Waals surface area contributed by atoms with Gasteiger partial charge in [0, 0.05) is 38.3 Å². The topological polar surface area (TPSA) is 44.3 Å². The third kappa shape index (κ3) is 2.66. The van der Waals surface area contributed by atoms with E-state index >= 15 is 0 Å². The molecule has 2 fully saturated rings. The molecule has 5 heteroatoms. The van der Waals surface area contributed by atoms with Crippen LogP contribution in [0.25, 0.3) is 0 Å². The minimum atomic E-state index is 0.728. The maximum Gasteiger partial charge on any atom is 0.134 e. The highest BCUT2D eigenvalue weighted by molar-refractivity contribution is 5.50. The van der Waals surface area contributed by atoms with Gasteiger partial charge in [-0.3, -0.25) is 4.90 Å². The first-order chi connectivity index (χ1) is 9.26. The van der Waals surface area contributed by atoms with Crippen molar-refractivity contribution in [3.63, 3.8) is 0 Å². The van der Waals surface area contributed by atoms with Crippen molar-refractivity contribution in [1.29, 1.82) is 0 Å². The van der Waals surface area contributed by atoms with Crippen LogP contribution in [-0.2, 0) is 0 Å². The Kier molecular flexibility index (Phi) is 3.55. The molecular formula is C14H23N5. The van der Waals surface area contributed by atoms with Crippen LogP contribution in [0.1, 0.15) is 25.6 Å². The lowest BCUT2D eigenvalue weighted by Crippen LogP contribution is -2.50. The number of anilines is 2. The average Bonchev–Trinajstić information content (AvgIpc) is 2.85. The number of hydrogen-bond acceptors (Lipinski definition) is 5. The third-order valence-corrected chi connectivity index (χ3v) is 4.09. The maximum absolute atomic E-state index is 4.61. The van der Waals surface area contributed by atoms with Gasteiger partial charge >= 0.3 is 0 Å². The van der Waals surface area contributed by atoms with Crippen molar-refractivity contribution in [2.45, 2.75) is 32.7 Å². The summed E-state index contributed by atoms with van der Waals surface area (Å²) in [6.45, 7) is 9.60. The number of fused-ring (bicyclic) bond motifs is 1. The van der Waals surface area contributed by atoms with Crippen LogP contribution in [0.2, 0.25) is 0 Å². The van der Waals surface area contributed by atoms with E-state index in [9.17, 15) is 0 Å². The molecule has 1 atom stereocenters. The standard InChI is InChI=1S/C14H23N5/c1-3-15-13-9-14(17-11(2)16-13)19-8-7-18-6-4-5-12(18)10-19/h9,12H,3-8,10H2,1-2H3,(H,15,16,17). The lowest BCUT2D eigenvalue weighted by molar-refractivity contribution is 0.230. The molecule has 1 unspecified atom stereocenters. The second-order valence-electron chi connectivity index (χ2n) is 5.47. The highest BCUT2D eigenvalue weighted by atomic mass is 15.3. The zero-order valence-electron chi connectivity index (χ0n) is 11.9. The zero-order chi connectivity index (χ0) is 13.2. The summed E-state index contributed by atoms with van der Waals surface area (Å²) in [7, 11) is 0. The van der Waals surface area contributed by atoms with Gasteiger partial charge in [0.1, 0.15) is 17.5 Å². The molecule has 2 aliphatic rings. The molecule has 3 heterocycles. The molecule has 0 aliphatic carbocycles. The van der Waals surface area contributed by atoms with Gasteiger partial charge in [-0.05, 0) is 33.2 Å². The summed E-state index contributed by atoms with van der Waals surface area (Å²) in [5.41, 5.74) is 0. The van der Waals surface area contributed by atoms with E-state index in [1.807, 2.05) is 6.92 Å². The largest absolute Gasteiger partial charge is 0.370 e. The highest BCUT2D eigenvalue weighted by Gasteiger charge is 2.31. The van der Waals surface area contributed by atoms with Crippen LogP contribution in [0.3, 0.4) is 0 Å². The predicted molar refractivity (Wildman–Crippen MR) is 77.7 cm³/mol. The first-order valence-corrected chi connectivity index (χ1v) is 7.35. The van der Waals surface area contributed by atoms with Crippen LogP contribution in [-0.4, -0.2) is 53.6 Å². The molecule has 2 saturated heterocycles. The zero-order valence-corrected chi connectivity index (χ0v) is 11.9. The molecular weight excluding hydrogens is 238 g/mol. The number of piperazine rings is 1. The second kappa shape index (κ2) is 5.33. The average molecular weight is 261 g/mol. The summed E-state index contributed by atoms with van der Waals surface area (Å²) in [5, 5.41) is 3.29. The Bertz CT molecular complexity index is 447. The van der Waals surface area contributed by atoms with Gasteiger partial charge in [-0.25, -0.2) is 9.97 Å². The number of rotatable bonds is 3. The second-order valence-corrected chi connectivity index (χ2v) is 5.47. The Balaban J connectivity index is 1.77. The van der Waals surface area contributed by atoms with Gasteiger partial charge < -0.3 is 10.2 Å². The molecule has 1 aromatic heterocycles.